The Hall–Kier alpha value is -3.63. The third-order valence-corrected chi connectivity index (χ3v) is 5.89. The van der Waals surface area contributed by atoms with Crippen LogP contribution in [0.1, 0.15) is 25.8 Å². The van der Waals surface area contributed by atoms with Gasteiger partial charge in [0, 0.05) is 24.7 Å². The Bertz CT molecular complexity index is 1500. The van der Waals surface area contributed by atoms with Gasteiger partial charge in [0.05, 0.1) is 12.1 Å². The highest BCUT2D eigenvalue weighted by atomic mass is 35.5. The van der Waals surface area contributed by atoms with Gasteiger partial charge in [0.2, 0.25) is 6.86 Å². The fourth-order valence-electron chi connectivity index (χ4n) is 3.73. The van der Waals surface area contributed by atoms with Crippen LogP contribution in [0.4, 0.5) is 4.39 Å². The zero-order chi connectivity index (χ0) is 26.0. The van der Waals surface area contributed by atoms with E-state index in [1.165, 1.54) is 17.7 Å². The Morgan fingerprint density at radius 2 is 1.78 bits per heavy atom. The summed E-state index contributed by atoms with van der Waals surface area (Å²) in [4.78, 5) is 31.0. The largest absolute Gasteiger partial charge is 0.463 e. The number of hydrogen-bond donors (Lipinski definition) is 1. The van der Waals surface area contributed by atoms with E-state index in [2.05, 4.69) is 4.98 Å². The molecule has 0 aliphatic carbocycles. The number of fused-ring (bicyclic) bond motifs is 1. The van der Waals surface area contributed by atoms with Crippen LogP contribution in [0.25, 0.3) is 11.2 Å². The molecule has 4 rings (SSSR count). The van der Waals surface area contributed by atoms with Gasteiger partial charge in [-0.15, -0.1) is 0 Å². The summed E-state index contributed by atoms with van der Waals surface area (Å²) >= 11 is 6.03. The molecule has 2 aromatic carbocycles. The van der Waals surface area contributed by atoms with Crippen LogP contribution in [0.15, 0.2) is 58.1 Å². The van der Waals surface area contributed by atoms with Gasteiger partial charge in [0.25, 0.3) is 5.56 Å². The topological polar surface area (TPSA) is 101 Å². The molecule has 0 amide bonds. The van der Waals surface area contributed by atoms with Gasteiger partial charge in [-0.05, 0) is 50.1 Å². The zero-order valence-corrected chi connectivity index (χ0v) is 20.8. The van der Waals surface area contributed by atoms with E-state index in [0.717, 1.165) is 10.1 Å². The second kappa shape index (κ2) is 10.2. The van der Waals surface area contributed by atoms with Crippen molar-refractivity contribution in [2.24, 2.45) is 7.05 Å². The van der Waals surface area contributed by atoms with E-state index in [9.17, 15) is 19.1 Å². The van der Waals surface area contributed by atoms with E-state index in [0.29, 0.717) is 10.8 Å². The van der Waals surface area contributed by atoms with Crippen molar-refractivity contribution in [3.05, 3.63) is 80.0 Å². The Morgan fingerprint density at radius 3 is 2.44 bits per heavy atom. The SMILES string of the molecule is Cn1c(=O)n(CCC(C)(C)O)c(=O)c2c1nc(Oc1cccc(OCF)c1)n2Cc1ccc(Cl)cc1. The summed E-state index contributed by atoms with van der Waals surface area (Å²) in [5.41, 5.74) is -1.06. The molecular formula is C25H26ClFN4O5. The summed E-state index contributed by atoms with van der Waals surface area (Å²) in [5.74, 6) is 0.567. The summed E-state index contributed by atoms with van der Waals surface area (Å²) in [5, 5.41) is 10.7. The first kappa shape index (κ1) is 25.5. The zero-order valence-electron chi connectivity index (χ0n) is 20.1. The van der Waals surface area contributed by atoms with Crippen molar-refractivity contribution in [3.8, 4) is 17.5 Å². The summed E-state index contributed by atoms with van der Waals surface area (Å²) < 4.78 is 27.5. The van der Waals surface area contributed by atoms with Gasteiger partial charge in [0.15, 0.2) is 11.2 Å². The average molecular weight is 517 g/mol. The first-order chi connectivity index (χ1) is 17.1. The maximum atomic E-state index is 13.6. The van der Waals surface area contributed by atoms with E-state index in [4.69, 9.17) is 21.1 Å². The van der Waals surface area contributed by atoms with Crippen LogP contribution in [0.3, 0.4) is 0 Å². The van der Waals surface area contributed by atoms with Gasteiger partial charge in [-0.2, -0.15) is 4.98 Å². The molecule has 0 aliphatic rings. The van der Waals surface area contributed by atoms with Crippen LogP contribution < -0.4 is 20.7 Å². The maximum Gasteiger partial charge on any atom is 0.332 e. The van der Waals surface area contributed by atoms with Crippen molar-refractivity contribution in [2.75, 3.05) is 6.86 Å². The molecule has 0 radical (unpaired) electrons. The highest BCUT2D eigenvalue weighted by Gasteiger charge is 2.23. The van der Waals surface area contributed by atoms with Gasteiger partial charge in [-0.25, -0.2) is 9.18 Å². The molecular weight excluding hydrogens is 491 g/mol. The molecule has 1 N–H and O–H groups in total. The fraction of sp³-hybridized carbons (Fsp3) is 0.320. The van der Waals surface area contributed by atoms with Crippen molar-refractivity contribution in [2.45, 2.75) is 39.0 Å². The Morgan fingerprint density at radius 1 is 1.08 bits per heavy atom. The minimum atomic E-state index is -1.07. The first-order valence-corrected chi connectivity index (χ1v) is 11.6. The van der Waals surface area contributed by atoms with Crippen LogP contribution in [-0.2, 0) is 20.1 Å². The Kier molecular flexibility index (Phi) is 7.18. The number of halogens is 2. The lowest BCUT2D eigenvalue weighted by Gasteiger charge is -2.17. The second-order valence-corrected chi connectivity index (χ2v) is 9.41. The van der Waals surface area contributed by atoms with Gasteiger partial charge in [0.1, 0.15) is 11.5 Å². The normalized spacial score (nSPS) is 11.7. The summed E-state index contributed by atoms with van der Waals surface area (Å²) in [6.07, 6.45) is 0.198. The highest BCUT2D eigenvalue weighted by Crippen LogP contribution is 2.28. The van der Waals surface area contributed by atoms with Crippen LogP contribution >= 0.6 is 11.6 Å². The van der Waals surface area contributed by atoms with Crippen LogP contribution in [0.5, 0.6) is 17.5 Å². The van der Waals surface area contributed by atoms with Crippen LogP contribution in [-0.4, -0.2) is 36.3 Å². The van der Waals surface area contributed by atoms with Gasteiger partial charge in [-0.3, -0.25) is 18.5 Å². The standard InChI is InChI=1S/C25H26ClFN4O5/c1-25(2,34)11-12-30-22(32)20-21(29(3)24(30)33)28-23(31(20)14-16-7-9-17(26)10-8-16)36-19-6-4-5-18(13-19)35-15-27/h4-10,13,34H,11-12,14-15H2,1-3H3. The molecule has 0 unspecified atom stereocenters. The smallest absolute Gasteiger partial charge is 0.332 e. The third-order valence-electron chi connectivity index (χ3n) is 5.63. The maximum absolute atomic E-state index is 13.6. The van der Waals surface area contributed by atoms with Gasteiger partial charge < -0.3 is 14.6 Å². The number of ether oxygens (including phenoxy) is 2. The highest BCUT2D eigenvalue weighted by molar-refractivity contribution is 6.30. The minimum Gasteiger partial charge on any atom is -0.463 e. The van der Waals surface area contributed by atoms with Gasteiger partial charge >= 0.3 is 11.7 Å². The van der Waals surface area contributed by atoms with Gasteiger partial charge in [-0.1, -0.05) is 29.8 Å². The van der Waals surface area contributed by atoms with E-state index >= 15 is 0 Å². The number of aliphatic hydroxyl groups is 1. The van der Waals surface area contributed by atoms with E-state index < -0.39 is 23.7 Å². The Balaban J connectivity index is 1.89. The minimum absolute atomic E-state index is 0.0237. The summed E-state index contributed by atoms with van der Waals surface area (Å²) in [6, 6.07) is 13.5. The molecule has 0 fully saturated rings. The molecule has 0 spiro atoms. The predicted molar refractivity (Wildman–Crippen MR) is 134 cm³/mol. The number of nitrogens with zero attached hydrogens (tertiary/aromatic N) is 4. The lowest BCUT2D eigenvalue weighted by molar-refractivity contribution is 0.0654. The van der Waals surface area contributed by atoms with Crippen molar-refractivity contribution in [3.63, 3.8) is 0 Å². The number of imidazole rings is 1. The lowest BCUT2D eigenvalue weighted by atomic mass is 10.1. The Labute approximate surface area is 210 Å². The predicted octanol–water partition coefficient (Wildman–Crippen LogP) is 3.86. The molecule has 0 aliphatic heterocycles. The van der Waals surface area contributed by atoms with E-state index in [1.54, 1.807) is 48.7 Å². The van der Waals surface area contributed by atoms with E-state index in [1.807, 2.05) is 12.1 Å². The summed E-state index contributed by atoms with van der Waals surface area (Å²) in [6.45, 7) is 2.44. The monoisotopic (exact) mass is 516 g/mol. The van der Waals surface area contributed by atoms with Crippen LogP contribution in [0, 0.1) is 0 Å². The molecule has 190 valence electrons. The molecule has 2 heterocycles. The van der Waals surface area contributed by atoms with Crippen molar-refractivity contribution < 1.29 is 19.0 Å². The second-order valence-electron chi connectivity index (χ2n) is 8.97. The number of hydrogen-bond acceptors (Lipinski definition) is 6. The van der Waals surface area contributed by atoms with Crippen molar-refractivity contribution >= 4 is 22.8 Å². The molecule has 36 heavy (non-hydrogen) atoms. The van der Waals surface area contributed by atoms with E-state index in [-0.39, 0.29) is 42.4 Å². The number of benzene rings is 2. The first-order valence-electron chi connectivity index (χ1n) is 11.2. The molecule has 0 bridgehead atoms. The molecule has 9 nitrogen and oxygen atoms in total. The van der Waals surface area contributed by atoms with Crippen molar-refractivity contribution in [1.82, 2.24) is 18.7 Å². The van der Waals surface area contributed by atoms with Crippen molar-refractivity contribution in [1.29, 1.82) is 0 Å². The lowest BCUT2D eigenvalue weighted by Crippen LogP contribution is -2.41. The average Bonchev–Trinajstić information content (AvgIpc) is 3.17. The number of aryl methyl sites for hydroxylation is 1. The van der Waals surface area contributed by atoms with Crippen LogP contribution in [0.2, 0.25) is 5.02 Å². The molecule has 4 aromatic rings. The molecule has 11 heteroatoms. The number of alkyl halides is 1. The third kappa shape index (κ3) is 5.44. The molecule has 0 saturated carbocycles. The quantitative estimate of drug-likeness (QED) is 0.362. The molecule has 0 saturated heterocycles. The summed E-state index contributed by atoms with van der Waals surface area (Å²) in [7, 11) is 1.52. The fourth-order valence-corrected chi connectivity index (χ4v) is 3.85. The number of rotatable bonds is 9. The molecule has 2 aromatic heterocycles. The molecule has 0 atom stereocenters. The number of aromatic nitrogens is 4.